The first-order valence-corrected chi connectivity index (χ1v) is 6.05. The molecule has 20 heavy (non-hydrogen) atoms. The van der Waals surface area contributed by atoms with Gasteiger partial charge < -0.3 is 14.4 Å². The Kier molecular flexibility index (Phi) is 6.67. The molecule has 0 spiro atoms. The Labute approximate surface area is 118 Å². The molecule has 0 saturated carbocycles. The van der Waals surface area contributed by atoms with Crippen molar-refractivity contribution in [3.63, 3.8) is 0 Å². The van der Waals surface area contributed by atoms with Gasteiger partial charge in [0.05, 0.1) is 19.6 Å². The molecule has 1 aromatic carbocycles. The number of ether oxygens (including phenoxy) is 2. The molecule has 0 aliphatic carbocycles. The molecule has 1 aromatic rings. The van der Waals surface area contributed by atoms with Crippen LogP contribution in [-0.2, 0) is 9.53 Å². The number of methoxy groups -OCH3 is 1. The SMILES string of the molecule is C#CCOCC(=O)N(CCC#N)c1ccc(OC)cc1. The smallest absolute Gasteiger partial charge is 0.253 e. The van der Waals surface area contributed by atoms with E-state index in [-0.39, 0.29) is 25.5 Å². The fourth-order valence-corrected chi connectivity index (χ4v) is 1.60. The summed E-state index contributed by atoms with van der Waals surface area (Å²) < 4.78 is 10.1. The van der Waals surface area contributed by atoms with Crippen LogP contribution in [-0.4, -0.2) is 32.8 Å². The number of anilines is 1. The Balaban J connectivity index is 2.79. The first kappa shape index (κ1) is 15.6. The van der Waals surface area contributed by atoms with Crippen LogP contribution in [0.1, 0.15) is 6.42 Å². The van der Waals surface area contributed by atoms with Gasteiger partial charge in [-0.3, -0.25) is 4.79 Å². The quantitative estimate of drug-likeness (QED) is 0.558. The third-order valence-corrected chi connectivity index (χ3v) is 2.54. The van der Waals surface area contributed by atoms with Crippen molar-refractivity contribution in [1.82, 2.24) is 0 Å². The van der Waals surface area contributed by atoms with E-state index in [1.807, 2.05) is 6.07 Å². The lowest BCUT2D eigenvalue weighted by atomic mass is 10.2. The summed E-state index contributed by atoms with van der Waals surface area (Å²) >= 11 is 0. The molecule has 0 bridgehead atoms. The zero-order valence-corrected chi connectivity index (χ0v) is 11.3. The van der Waals surface area contributed by atoms with Gasteiger partial charge >= 0.3 is 0 Å². The average Bonchev–Trinajstić information content (AvgIpc) is 2.48. The van der Waals surface area contributed by atoms with Crippen LogP contribution >= 0.6 is 0 Å². The number of amides is 1. The van der Waals surface area contributed by atoms with Crippen molar-refractivity contribution in [2.75, 3.05) is 31.8 Å². The third-order valence-electron chi connectivity index (χ3n) is 2.54. The lowest BCUT2D eigenvalue weighted by Gasteiger charge is -2.21. The highest BCUT2D eigenvalue weighted by Crippen LogP contribution is 2.19. The maximum Gasteiger partial charge on any atom is 0.253 e. The second kappa shape index (κ2) is 8.58. The highest BCUT2D eigenvalue weighted by atomic mass is 16.5. The van der Waals surface area contributed by atoms with E-state index in [1.165, 1.54) is 4.90 Å². The molecule has 104 valence electrons. The fraction of sp³-hybridized carbons (Fsp3) is 0.333. The van der Waals surface area contributed by atoms with E-state index >= 15 is 0 Å². The lowest BCUT2D eigenvalue weighted by Crippen LogP contribution is -2.34. The van der Waals surface area contributed by atoms with E-state index in [0.717, 1.165) is 0 Å². The van der Waals surface area contributed by atoms with Gasteiger partial charge in [0, 0.05) is 12.2 Å². The van der Waals surface area contributed by atoms with Crippen LogP contribution in [0.15, 0.2) is 24.3 Å². The average molecular weight is 272 g/mol. The summed E-state index contributed by atoms with van der Waals surface area (Å²) in [6, 6.07) is 9.05. The first-order valence-electron chi connectivity index (χ1n) is 6.05. The Morgan fingerprint density at radius 1 is 1.40 bits per heavy atom. The largest absolute Gasteiger partial charge is 0.497 e. The van der Waals surface area contributed by atoms with Gasteiger partial charge in [-0.15, -0.1) is 6.42 Å². The molecule has 0 heterocycles. The molecule has 0 aliphatic heterocycles. The molecular formula is C15H16N2O3. The minimum Gasteiger partial charge on any atom is -0.497 e. The monoisotopic (exact) mass is 272 g/mol. The maximum absolute atomic E-state index is 12.1. The van der Waals surface area contributed by atoms with Gasteiger partial charge in [-0.1, -0.05) is 5.92 Å². The van der Waals surface area contributed by atoms with Gasteiger partial charge in [0.15, 0.2) is 0 Å². The predicted octanol–water partition coefficient (Wildman–Crippen LogP) is 1.59. The van der Waals surface area contributed by atoms with E-state index in [4.69, 9.17) is 21.2 Å². The molecule has 0 fully saturated rings. The van der Waals surface area contributed by atoms with Crippen LogP contribution in [0.5, 0.6) is 5.75 Å². The molecule has 0 radical (unpaired) electrons. The molecule has 0 atom stereocenters. The molecule has 0 aromatic heterocycles. The third kappa shape index (κ3) is 4.64. The van der Waals surface area contributed by atoms with Crippen LogP contribution in [0.3, 0.4) is 0 Å². The Bertz CT molecular complexity index is 511. The maximum atomic E-state index is 12.1. The number of carbonyl (C=O) groups excluding carboxylic acids is 1. The standard InChI is InChI=1S/C15H16N2O3/c1-3-11-20-12-15(18)17(10-4-9-16)13-5-7-14(19-2)8-6-13/h1,5-8H,4,10-12H2,2H3. The van der Waals surface area contributed by atoms with Crippen LogP contribution in [0.4, 0.5) is 5.69 Å². The predicted molar refractivity (Wildman–Crippen MR) is 75.2 cm³/mol. The Morgan fingerprint density at radius 2 is 2.10 bits per heavy atom. The zero-order valence-electron chi connectivity index (χ0n) is 11.3. The number of hydrogen-bond acceptors (Lipinski definition) is 4. The van der Waals surface area contributed by atoms with Crippen molar-refractivity contribution < 1.29 is 14.3 Å². The van der Waals surface area contributed by atoms with Crippen LogP contribution in [0, 0.1) is 23.7 Å². The van der Waals surface area contributed by atoms with Gasteiger partial charge in [-0.25, -0.2) is 0 Å². The van der Waals surface area contributed by atoms with Crippen LogP contribution in [0.25, 0.3) is 0 Å². The van der Waals surface area contributed by atoms with Crippen LogP contribution < -0.4 is 9.64 Å². The van der Waals surface area contributed by atoms with Crippen molar-refractivity contribution in [1.29, 1.82) is 5.26 Å². The molecule has 0 aliphatic rings. The molecule has 0 unspecified atom stereocenters. The summed E-state index contributed by atoms with van der Waals surface area (Å²) in [7, 11) is 1.57. The summed E-state index contributed by atoms with van der Waals surface area (Å²) in [6.07, 6.45) is 5.30. The van der Waals surface area contributed by atoms with E-state index in [0.29, 0.717) is 18.0 Å². The van der Waals surface area contributed by atoms with E-state index in [1.54, 1.807) is 31.4 Å². The molecule has 0 saturated heterocycles. The van der Waals surface area contributed by atoms with Crippen molar-refractivity contribution in [3.8, 4) is 24.2 Å². The van der Waals surface area contributed by atoms with Crippen molar-refractivity contribution >= 4 is 11.6 Å². The normalized spacial score (nSPS) is 9.35. The molecule has 5 nitrogen and oxygen atoms in total. The molecule has 1 amide bonds. The Hall–Kier alpha value is -2.50. The highest BCUT2D eigenvalue weighted by molar-refractivity contribution is 5.94. The second-order valence-electron chi connectivity index (χ2n) is 3.85. The molecule has 0 N–H and O–H groups in total. The summed E-state index contributed by atoms with van der Waals surface area (Å²) in [6.45, 7) is 0.281. The summed E-state index contributed by atoms with van der Waals surface area (Å²) in [5.74, 6) is 2.76. The van der Waals surface area contributed by atoms with Gasteiger partial charge in [0.2, 0.25) is 0 Å². The fourth-order valence-electron chi connectivity index (χ4n) is 1.60. The Morgan fingerprint density at radius 3 is 2.65 bits per heavy atom. The van der Waals surface area contributed by atoms with Crippen molar-refractivity contribution in [3.05, 3.63) is 24.3 Å². The summed E-state index contributed by atoms with van der Waals surface area (Å²) in [5, 5.41) is 8.67. The summed E-state index contributed by atoms with van der Waals surface area (Å²) in [5.41, 5.74) is 0.690. The number of hydrogen-bond donors (Lipinski definition) is 0. The van der Waals surface area contributed by atoms with Crippen molar-refractivity contribution in [2.45, 2.75) is 6.42 Å². The zero-order chi connectivity index (χ0) is 14.8. The van der Waals surface area contributed by atoms with Crippen LogP contribution in [0.2, 0.25) is 0 Å². The minimum absolute atomic E-state index is 0.0838. The number of benzene rings is 1. The van der Waals surface area contributed by atoms with E-state index in [9.17, 15) is 4.79 Å². The lowest BCUT2D eigenvalue weighted by molar-refractivity contribution is -0.122. The van der Waals surface area contributed by atoms with Gasteiger partial charge in [-0.05, 0) is 24.3 Å². The number of terminal acetylenes is 1. The van der Waals surface area contributed by atoms with Gasteiger partial charge in [0.1, 0.15) is 19.0 Å². The van der Waals surface area contributed by atoms with E-state index < -0.39 is 0 Å². The minimum atomic E-state index is -0.235. The van der Waals surface area contributed by atoms with Gasteiger partial charge in [0.25, 0.3) is 5.91 Å². The van der Waals surface area contributed by atoms with Crippen molar-refractivity contribution in [2.24, 2.45) is 0 Å². The molecular weight excluding hydrogens is 256 g/mol. The van der Waals surface area contributed by atoms with Gasteiger partial charge in [-0.2, -0.15) is 5.26 Å². The number of nitrogens with zero attached hydrogens (tertiary/aromatic N) is 2. The number of nitriles is 1. The highest BCUT2D eigenvalue weighted by Gasteiger charge is 2.15. The molecule has 5 heteroatoms. The number of carbonyl (C=O) groups is 1. The second-order valence-corrected chi connectivity index (χ2v) is 3.85. The number of rotatable bonds is 7. The topological polar surface area (TPSA) is 62.6 Å². The summed E-state index contributed by atoms with van der Waals surface area (Å²) in [4.78, 5) is 13.6. The molecule has 1 rings (SSSR count). The first-order chi connectivity index (χ1) is 9.72. The van der Waals surface area contributed by atoms with E-state index in [2.05, 4.69) is 5.92 Å².